The zero-order valence-electron chi connectivity index (χ0n) is 15.0. The van der Waals surface area contributed by atoms with Gasteiger partial charge in [0.2, 0.25) is 5.91 Å². The molecule has 0 aliphatic heterocycles. The Morgan fingerprint density at radius 3 is 2.19 bits per heavy atom. The van der Waals surface area contributed by atoms with Crippen molar-refractivity contribution in [2.45, 2.75) is 51.6 Å². The largest absolute Gasteiger partial charge is 0.460 e. The Kier molecular flexibility index (Phi) is 4.96. The molecule has 4 bridgehead atoms. The van der Waals surface area contributed by atoms with Crippen LogP contribution in [0.15, 0.2) is 24.3 Å². The third-order valence-electron chi connectivity index (χ3n) is 6.44. The molecule has 0 saturated heterocycles. The van der Waals surface area contributed by atoms with Crippen molar-refractivity contribution in [3.05, 3.63) is 34.9 Å². The average molecular weight is 376 g/mol. The lowest BCUT2D eigenvalue weighted by molar-refractivity contribution is -0.146. The molecule has 1 N–H and O–H groups in total. The van der Waals surface area contributed by atoms with E-state index in [0.29, 0.717) is 11.4 Å². The molecule has 140 valence electrons. The lowest BCUT2D eigenvalue weighted by Crippen LogP contribution is -2.48. The van der Waals surface area contributed by atoms with Gasteiger partial charge in [-0.25, -0.2) is 0 Å². The third-order valence-corrected chi connectivity index (χ3v) is 6.70. The minimum atomic E-state index is -0.404. The van der Waals surface area contributed by atoms with Gasteiger partial charge in [0.15, 0.2) is 0 Å². The molecule has 1 aromatic carbocycles. The fourth-order valence-corrected chi connectivity index (χ4v) is 6.00. The monoisotopic (exact) mass is 375 g/mol. The van der Waals surface area contributed by atoms with E-state index in [4.69, 9.17) is 16.3 Å². The number of nitrogens with one attached hydrogen (secondary N) is 1. The highest BCUT2D eigenvalue weighted by Gasteiger charge is 2.51. The van der Waals surface area contributed by atoms with Gasteiger partial charge in [-0.15, -0.1) is 0 Å². The summed E-state index contributed by atoms with van der Waals surface area (Å²) in [5.41, 5.74) is 1.08. The first kappa shape index (κ1) is 17.8. The van der Waals surface area contributed by atoms with E-state index in [0.717, 1.165) is 23.3 Å². The van der Waals surface area contributed by atoms with Gasteiger partial charge >= 0.3 is 5.97 Å². The van der Waals surface area contributed by atoms with E-state index >= 15 is 0 Å². The minimum Gasteiger partial charge on any atom is -0.460 e. The van der Waals surface area contributed by atoms with E-state index in [2.05, 4.69) is 5.32 Å². The molecule has 0 spiro atoms. The second-order valence-electron chi connectivity index (χ2n) is 8.66. The maximum absolute atomic E-state index is 12.4. The van der Waals surface area contributed by atoms with Gasteiger partial charge in [0, 0.05) is 11.4 Å². The SMILES string of the molecule is O=C(CC12CC3CC(CC(C3)C1)C2)NCC(=O)OCc1ccc(Cl)cc1. The van der Waals surface area contributed by atoms with E-state index in [1.807, 2.05) is 12.1 Å². The lowest BCUT2D eigenvalue weighted by Gasteiger charge is -2.56. The molecule has 1 amide bonds. The maximum atomic E-state index is 12.4. The molecule has 0 atom stereocenters. The maximum Gasteiger partial charge on any atom is 0.325 e. The van der Waals surface area contributed by atoms with Crippen LogP contribution in [0, 0.1) is 23.2 Å². The van der Waals surface area contributed by atoms with Crippen molar-refractivity contribution in [1.29, 1.82) is 0 Å². The Bertz CT molecular complexity index is 650. The van der Waals surface area contributed by atoms with Crippen LogP contribution in [0.3, 0.4) is 0 Å². The number of hydrogen-bond donors (Lipinski definition) is 1. The van der Waals surface area contributed by atoms with Crippen LogP contribution < -0.4 is 5.32 Å². The third kappa shape index (κ3) is 4.06. The molecular formula is C21H26ClNO3. The number of ether oxygens (including phenoxy) is 1. The highest BCUT2D eigenvalue weighted by atomic mass is 35.5. The molecule has 5 heteroatoms. The number of hydrogen-bond acceptors (Lipinski definition) is 3. The van der Waals surface area contributed by atoms with Crippen molar-refractivity contribution in [1.82, 2.24) is 5.32 Å². The molecule has 26 heavy (non-hydrogen) atoms. The van der Waals surface area contributed by atoms with Gasteiger partial charge in [0.1, 0.15) is 13.2 Å². The predicted molar refractivity (Wildman–Crippen MR) is 99.5 cm³/mol. The van der Waals surface area contributed by atoms with Crippen molar-refractivity contribution in [3.63, 3.8) is 0 Å². The van der Waals surface area contributed by atoms with Crippen LogP contribution in [0.2, 0.25) is 5.02 Å². The molecule has 4 fully saturated rings. The number of esters is 1. The number of carbonyl (C=O) groups is 2. The van der Waals surface area contributed by atoms with Crippen molar-refractivity contribution in [2.24, 2.45) is 23.2 Å². The van der Waals surface area contributed by atoms with Crippen molar-refractivity contribution >= 4 is 23.5 Å². The summed E-state index contributed by atoms with van der Waals surface area (Å²) in [6, 6.07) is 7.17. The van der Waals surface area contributed by atoms with Crippen LogP contribution in [0.25, 0.3) is 0 Å². The second kappa shape index (κ2) is 7.22. The summed E-state index contributed by atoms with van der Waals surface area (Å²) in [6.07, 6.45) is 8.29. The topological polar surface area (TPSA) is 55.4 Å². The first-order chi connectivity index (χ1) is 12.5. The van der Waals surface area contributed by atoms with Gasteiger partial charge in [0.25, 0.3) is 0 Å². The summed E-state index contributed by atoms with van der Waals surface area (Å²) in [5, 5.41) is 3.42. The summed E-state index contributed by atoms with van der Waals surface area (Å²) in [7, 11) is 0. The number of halogens is 1. The normalized spacial score (nSPS) is 31.7. The van der Waals surface area contributed by atoms with E-state index in [-0.39, 0.29) is 24.5 Å². The van der Waals surface area contributed by atoms with Crippen LogP contribution in [0.4, 0.5) is 0 Å². The van der Waals surface area contributed by atoms with Crippen molar-refractivity contribution in [2.75, 3.05) is 6.54 Å². The van der Waals surface area contributed by atoms with E-state index in [1.54, 1.807) is 12.1 Å². The van der Waals surface area contributed by atoms with Gasteiger partial charge in [-0.3, -0.25) is 9.59 Å². The number of benzene rings is 1. The molecule has 1 aromatic rings. The van der Waals surface area contributed by atoms with Crippen LogP contribution in [-0.2, 0) is 20.9 Å². The van der Waals surface area contributed by atoms with Gasteiger partial charge in [-0.2, -0.15) is 0 Å². The fraction of sp³-hybridized carbons (Fsp3) is 0.619. The summed E-state index contributed by atoms with van der Waals surface area (Å²) >= 11 is 5.83. The average Bonchev–Trinajstić information content (AvgIpc) is 2.58. The molecule has 4 saturated carbocycles. The molecule has 0 heterocycles. The first-order valence-corrected chi connectivity index (χ1v) is 10.0. The number of rotatable bonds is 6. The zero-order valence-corrected chi connectivity index (χ0v) is 15.8. The predicted octanol–water partition coefficient (Wildman–Crippen LogP) is 4.11. The molecule has 0 aromatic heterocycles. The van der Waals surface area contributed by atoms with Crippen LogP contribution in [0.1, 0.15) is 50.5 Å². The summed E-state index contributed by atoms with van der Waals surface area (Å²) < 4.78 is 5.22. The lowest BCUT2D eigenvalue weighted by atomic mass is 9.49. The molecule has 0 radical (unpaired) electrons. The van der Waals surface area contributed by atoms with E-state index in [1.165, 1.54) is 38.5 Å². The van der Waals surface area contributed by atoms with Crippen LogP contribution >= 0.6 is 11.6 Å². The molecule has 5 rings (SSSR count). The summed E-state index contributed by atoms with van der Waals surface area (Å²) in [4.78, 5) is 24.3. The van der Waals surface area contributed by atoms with E-state index < -0.39 is 5.97 Å². The molecular weight excluding hydrogens is 350 g/mol. The van der Waals surface area contributed by atoms with Crippen LogP contribution in [-0.4, -0.2) is 18.4 Å². The van der Waals surface area contributed by atoms with Crippen molar-refractivity contribution in [3.8, 4) is 0 Å². The Labute approximate surface area is 159 Å². The Hall–Kier alpha value is -1.55. The highest BCUT2D eigenvalue weighted by molar-refractivity contribution is 6.30. The van der Waals surface area contributed by atoms with Crippen molar-refractivity contribution < 1.29 is 14.3 Å². The quantitative estimate of drug-likeness (QED) is 0.761. The first-order valence-electron chi connectivity index (χ1n) is 9.66. The molecule has 4 aliphatic rings. The summed E-state index contributed by atoms with van der Waals surface area (Å²) in [5.74, 6) is 2.09. The van der Waals surface area contributed by atoms with Crippen LogP contribution in [0.5, 0.6) is 0 Å². The van der Waals surface area contributed by atoms with Gasteiger partial charge < -0.3 is 10.1 Å². The van der Waals surface area contributed by atoms with Gasteiger partial charge in [0.05, 0.1) is 0 Å². The smallest absolute Gasteiger partial charge is 0.325 e. The summed E-state index contributed by atoms with van der Waals surface area (Å²) in [6.45, 7) is 0.139. The standard InChI is InChI=1S/C21H26ClNO3/c22-18-3-1-14(2-4-18)13-26-20(25)12-23-19(24)11-21-8-15-5-16(9-21)7-17(6-15)10-21/h1-4,15-17H,5-13H2,(H,23,24). The molecule has 4 aliphatic carbocycles. The number of carbonyl (C=O) groups excluding carboxylic acids is 2. The number of amides is 1. The fourth-order valence-electron chi connectivity index (χ4n) is 5.88. The molecule has 0 unspecified atom stereocenters. The second-order valence-corrected chi connectivity index (χ2v) is 9.09. The van der Waals surface area contributed by atoms with E-state index in [9.17, 15) is 9.59 Å². The van der Waals surface area contributed by atoms with Gasteiger partial charge in [-0.1, -0.05) is 23.7 Å². The molecule has 4 nitrogen and oxygen atoms in total. The van der Waals surface area contributed by atoms with Gasteiger partial charge in [-0.05, 0) is 79.4 Å². The zero-order chi connectivity index (χ0) is 18.1. The minimum absolute atomic E-state index is 0.00427. The Morgan fingerprint density at radius 1 is 1.04 bits per heavy atom. The Balaban J connectivity index is 1.21. The Morgan fingerprint density at radius 2 is 1.62 bits per heavy atom. The highest BCUT2D eigenvalue weighted by Crippen LogP contribution is 2.61.